The number of para-hydroxylation sites is 1. The van der Waals surface area contributed by atoms with Crippen LogP contribution in [0.5, 0.6) is 23.0 Å². The molecule has 0 aliphatic carbocycles. The molecule has 0 atom stereocenters. The largest absolute Gasteiger partial charge is 0.496 e. The maximum absolute atomic E-state index is 13.2. The molecule has 6 heteroatoms. The topological polar surface area (TPSA) is 56.8 Å². The predicted octanol–water partition coefficient (Wildman–Crippen LogP) is 8.13. The Kier molecular flexibility index (Phi) is 7.24. The summed E-state index contributed by atoms with van der Waals surface area (Å²) in [6, 6.07) is 33.6. The van der Waals surface area contributed by atoms with Gasteiger partial charge in [-0.25, -0.2) is 0 Å². The number of halogens is 1. The summed E-state index contributed by atoms with van der Waals surface area (Å²) in [7, 11) is 1.59. The summed E-state index contributed by atoms with van der Waals surface area (Å²) in [5.74, 6) is 2.22. The molecule has 0 bridgehead atoms. The molecule has 0 aliphatic rings. The molecule has 0 aromatic heterocycles. The molecule has 0 heterocycles. The zero-order valence-corrected chi connectivity index (χ0v) is 20.9. The van der Waals surface area contributed by atoms with Gasteiger partial charge in [0.25, 0.3) is 5.91 Å². The third-order valence-corrected chi connectivity index (χ3v) is 6.07. The molecule has 5 nitrogen and oxygen atoms in total. The zero-order chi connectivity index (χ0) is 25.6. The van der Waals surface area contributed by atoms with Crippen molar-refractivity contribution in [2.45, 2.75) is 6.61 Å². The van der Waals surface area contributed by atoms with Gasteiger partial charge in [-0.3, -0.25) is 4.79 Å². The highest BCUT2D eigenvalue weighted by atomic mass is 35.5. The molecular formula is C31H24ClNO4. The van der Waals surface area contributed by atoms with Gasteiger partial charge in [0.15, 0.2) is 5.75 Å². The fraction of sp³-hybridized carbons (Fsp3) is 0.0645. The SMILES string of the molecule is COc1ccc(C(=O)Nc2cc(Cl)ccc2Oc2ccccc2)cc1COc1cccc2ccccc12. The molecule has 0 saturated heterocycles. The second kappa shape index (κ2) is 11.1. The summed E-state index contributed by atoms with van der Waals surface area (Å²) in [5.41, 5.74) is 1.66. The van der Waals surface area contributed by atoms with E-state index in [-0.39, 0.29) is 12.5 Å². The Hall–Kier alpha value is -4.48. The van der Waals surface area contributed by atoms with E-state index in [9.17, 15) is 4.79 Å². The number of hydrogen-bond donors (Lipinski definition) is 1. The Labute approximate surface area is 220 Å². The molecule has 37 heavy (non-hydrogen) atoms. The number of carbonyl (C=O) groups excluding carboxylic acids is 1. The standard InChI is InChI=1S/C31H24ClNO4/c1-35-28-16-14-22(18-23(28)20-36-29-13-7-9-21-8-5-6-12-26(21)29)31(34)33-27-19-24(32)15-17-30(27)37-25-10-3-2-4-11-25/h2-19H,20H2,1H3,(H,33,34). The predicted molar refractivity (Wildman–Crippen MR) is 147 cm³/mol. The van der Waals surface area contributed by atoms with Gasteiger partial charge in [-0.1, -0.05) is 66.2 Å². The lowest BCUT2D eigenvalue weighted by Gasteiger charge is -2.15. The van der Waals surface area contributed by atoms with Crippen molar-refractivity contribution >= 4 is 34.0 Å². The molecule has 0 spiro atoms. The van der Waals surface area contributed by atoms with Crippen LogP contribution in [0.3, 0.4) is 0 Å². The van der Waals surface area contributed by atoms with Crippen LogP contribution in [0.25, 0.3) is 10.8 Å². The fourth-order valence-electron chi connectivity index (χ4n) is 4.01. The van der Waals surface area contributed by atoms with Gasteiger partial charge in [-0.2, -0.15) is 0 Å². The summed E-state index contributed by atoms with van der Waals surface area (Å²) >= 11 is 6.22. The maximum Gasteiger partial charge on any atom is 0.255 e. The van der Waals surface area contributed by atoms with E-state index in [0.29, 0.717) is 33.5 Å². The molecule has 0 aliphatic heterocycles. The summed E-state index contributed by atoms with van der Waals surface area (Å²) < 4.78 is 17.7. The molecule has 5 rings (SSSR count). The van der Waals surface area contributed by atoms with Gasteiger partial charge in [0.2, 0.25) is 0 Å². The highest BCUT2D eigenvalue weighted by Crippen LogP contribution is 2.33. The van der Waals surface area contributed by atoms with E-state index in [2.05, 4.69) is 5.32 Å². The summed E-state index contributed by atoms with van der Waals surface area (Å²) in [6.07, 6.45) is 0. The first-order chi connectivity index (χ1) is 18.1. The van der Waals surface area contributed by atoms with Crippen molar-refractivity contribution in [3.63, 3.8) is 0 Å². The molecule has 0 saturated carbocycles. The molecule has 5 aromatic rings. The van der Waals surface area contributed by atoms with Gasteiger partial charge in [-0.05, 0) is 60.0 Å². The van der Waals surface area contributed by atoms with E-state index in [1.165, 1.54) is 0 Å². The number of rotatable bonds is 8. The normalized spacial score (nSPS) is 10.6. The van der Waals surface area contributed by atoms with Crippen molar-refractivity contribution in [1.82, 2.24) is 0 Å². The van der Waals surface area contributed by atoms with Crippen molar-refractivity contribution in [2.24, 2.45) is 0 Å². The number of nitrogens with one attached hydrogen (secondary N) is 1. The van der Waals surface area contributed by atoms with Crippen LogP contribution < -0.4 is 19.5 Å². The van der Waals surface area contributed by atoms with Crippen LogP contribution in [0, 0.1) is 0 Å². The Bertz CT molecular complexity index is 1550. The van der Waals surface area contributed by atoms with Gasteiger partial charge in [-0.15, -0.1) is 0 Å². The van der Waals surface area contributed by atoms with E-state index in [1.54, 1.807) is 43.5 Å². The van der Waals surface area contributed by atoms with Gasteiger partial charge >= 0.3 is 0 Å². The van der Waals surface area contributed by atoms with Crippen molar-refractivity contribution in [3.8, 4) is 23.0 Å². The lowest BCUT2D eigenvalue weighted by atomic mass is 10.1. The number of benzene rings is 5. The molecule has 5 aromatic carbocycles. The third-order valence-electron chi connectivity index (χ3n) is 5.84. The average molecular weight is 510 g/mol. The molecule has 1 amide bonds. The van der Waals surface area contributed by atoms with Crippen LogP contribution in [0.1, 0.15) is 15.9 Å². The van der Waals surface area contributed by atoms with Gasteiger partial charge in [0.1, 0.15) is 23.9 Å². The monoisotopic (exact) mass is 509 g/mol. The number of ether oxygens (including phenoxy) is 3. The number of methoxy groups -OCH3 is 1. The summed E-state index contributed by atoms with van der Waals surface area (Å²) in [5, 5.41) is 5.51. The van der Waals surface area contributed by atoms with Crippen LogP contribution in [-0.2, 0) is 6.61 Å². The van der Waals surface area contributed by atoms with Gasteiger partial charge < -0.3 is 19.5 Å². The molecule has 0 fully saturated rings. The molecular weight excluding hydrogens is 486 g/mol. The van der Waals surface area contributed by atoms with E-state index < -0.39 is 0 Å². The highest BCUT2D eigenvalue weighted by molar-refractivity contribution is 6.31. The first-order valence-corrected chi connectivity index (χ1v) is 12.1. The number of amides is 1. The first-order valence-electron chi connectivity index (χ1n) is 11.7. The van der Waals surface area contributed by atoms with E-state index in [4.69, 9.17) is 25.8 Å². The number of anilines is 1. The minimum Gasteiger partial charge on any atom is -0.496 e. The minimum absolute atomic E-state index is 0.234. The lowest BCUT2D eigenvalue weighted by Crippen LogP contribution is -2.13. The lowest BCUT2D eigenvalue weighted by molar-refractivity contribution is 0.102. The molecule has 184 valence electrons. The fourth-order valence-corrected chi connectivity index (χ4v) is 4.18. The highest BCUT2D eigenvalue weighted by Gasteiger charge is 2.15. The minimum atomic E-state index is -0.311. The molecule has 0 radical (unpaired) electrons. The molecule has 0 unspecified atom stereocenters. The average Bonchev–Trinajstić information content (AvgIpc) is 2.93. The van der Waals surface area contributed by atoms with E-state index in [0.717, 1.165) is 22.1 Å². The second-order valence-corrected chi connectivity index (χ2v) is 8.74. The van der Waals surface area contributed by atoms with Crippen molar-refractivity contribution in [2.75, 3.05) is 12.4 Å². The zero-order valence-electron chi connectivity index (χ0n) is 20.1. The van der Waals surface area contributed by atoms with E-state index in [1.807, 2.05) is 72.8 Å². The third kappa shape index (κ3) is 5.68. The van der Waals surface area contributed by atoms with Crippen LogP contribution in [0.4, 0.5) is 5.69 Å². The van der Waals surface area contributed by atoms with Gasteiger partial charge in [0.05, 0.1) is 12.8 Å². The molecule has 1 N–H and O–H groups in total. The van der Waals surface area contributed by atoms with Crippen molar-refractivity contribution in [1.29, 1.82) is 0 Å². The van der Waals surface area contributed by atoms with Crippen molar-refractivity contribution in [3.05, 3.63) is 125 Å². The Morgan fingerprint density at radius 2 is 1.54 bits per heavy atom. The van der Waals surface area contributed by atoms with Gasteiger partial charge in [0, 0.05) is 21.5 Å². The maximum atomic E-state index is 13.2. The Morgan fingerprint density at radius 3 is 2.38 bits per heavy atom. The van der Waals surface area contributed by atoms with E-state index >= 15 is 0 Å². The summed E-state index contributed by atoms with van der Waals surface area (Å²) in [6.45, 7) is 0.234. The number of carbonyl (C=O) groups is 1. The second-order valence-electron chi connectivity index (χ2n) is 8.30. The Morgan fingerprint density at radius 1 is 0.784 bits per heavy atom. The number of fused-ring (bicyclic) bond motifs is 1. The van der Waals surface area contributed by atoms with Crippen LogP contribution in [-0.4, -0.2) is 13.0 Å². The number of hydrogen-bond acceptors (Lipinski definition) is 4. The van der Waals surface area contributed by atoms with Crippen LogP contribution >= 0.6 is 11.6 Å². The smallest absolute Gasteiger partial charge is 0.255 e. The quantitative estimate of drug-likeness (QED) is 0.229. The first kappa shape index (κ1) is 24.2. The summed E-state index contributed by atoms with van der Waals surface area (Å²) in [4.78, 5) is 13.2. The Balaban J connectivity index is 1.37. The van der Waals surface area contributed by atoms with Crippen LogP contribution in [0.15, 0.2) is 109 Å². The van der Waals surface area contributed by atoms with Crippen molar-refractivity contribution < 1.29 is 19.0 Å². The van der Waals surface area contributed by atoms with Crippen LogP contribution in [0.2, 0.25) is 5.02 Å².